The summed E-state index contributed by atoms with van der Waals surface area (Å²) in [6.07, 6.45) is 2.43. The molecule has 0 saturated carbocycles. The highest BCUT2D eigenvalue weighted by molar-refractivity contribution is 7.18. The van der Waals surface area contributed by atoms with Crippen LogP contribution in [0.2, 0.25) is 0 Å². The Kier molecular flexibility index (Phi) is 3.90. The van der Waals surface area contributed by atoms with E-state index in [1.807, 2.05) is 38.1 Å². The Hall–Kier alpha value is -2.27. The molecule has 0 aliphatic carbocycles. The van der Waals surface area contributed by atoms with Crippen LogP contribution in [-0.4, -0.2) is 15.9 Å². The smallest absolute Gasteiger partial charge is 0.275 e. The van der Waals surface area contributed by atoms with Crippen LogP contribution in [0.3, 0.4) is 0 Å². The van der Waals surface area contributed by atoms with Gasteiger partial charge >= 0.3 is 0 Å². The van der Waals surface area contributed by atoms with Crippen molar-refractivity contribution in [2.75, 3.05) is 5.32 Å². The second-order valence-corrected chi connectivity index (χ2v) is 6.39. The molecule has 0 fully saturated rings. The maximum Gasteiger partial charge on any atom is 0.275 e. The summed E-state index contributed by atoms with van der Waals surface area (Å²) in [5, 5.41) is 3.77. The third-order valence-electron chi connectivity index (χ3n) is 3.80. The molecule has 2 aromatic heterocycles. The fraction of sp³-hybridized carbons (Fsp3) is 0.235. The van der Waals surface area contributed by atoms with Crippen LogP contribution in [0.25, 0.3) is 10.2 Å². The number of carbonyl (C=O) groups is 1. The van der Waals surface area contributed by atoms with Crippen molar-refractivity contribution in [3.63, 3.8) is 0 Å². The SMILES string of the molecule is CCc1ccc(NC(=O)c2ncnc3sc(C)c(C)c23)cc1. The molecule has 0 atom stereocenters. The van der Waals surface area contributed by atoms with Crippen molar-refractivity contribution in [2.45, 2.75) is 27.2 Å². The minimum absolute atomic E-state index is 0.197. The number of hydrogen-bond donors (Lipinski definition) is 1. The van der Waals surface area contributed by atoms with Gasteiger partial charge in [0.25, 0.3) is 5.91 Å². The normalized spacial score (nSPS) is 10.9. The van der Waals surface area contributed by atoms with E-state index < -0.39 is 0 Å². The molecule has 3 rings (SSSR count). The number of thiophene rings is 1. The van der Waals surface area contributed by atoms with Crippen LogP contribution in [0, 0.1) is 13.8 Å². The first-order chi connectivity index (χ1) is 10.6. The van der Waals surface area contributed by atoms with Crippen molar-refractivity contribution in [2.24, 2.45) is 0 Å². The largest absolute Gasteiger partial charge is 0.321 e. The number of aryl methyl sites for hydroxylation is 3. The quantitative estimate of drug-likeness (QED) is 0.791. The number of nitrogens with one attached hydrogen (secondary N) is 1. The van der Waals surface area contributed by atoms with E-state index in [0.717, 1.165) is 32.8 Å². The zero-order chi connectivity index (χ0) is 15.7. The molecule has 0 unspecified atom stereocenters. The van der Waals surface area contributed by atoms with Crippen molar-refractivity contribution in [3.05, 3.63) is 52.3 Å². The van der Waals surface area contributed by atoms with Crippen LogP contribution in [0.4, 0.5) is 5.69 Å². The molecule has 1 amide bonds. The van der Waals surface area contributed by atoms with Gasteiger partial charge in [-0.25, -0.2) is 9.97 Å². The van der Waals surface area contributed by atoms with E-state index >= 15 is 0 Å². The van der Waals surface area contributed by atoms with Gasteiger partial charge in [-0.3, -0.25) is 4.79 Å². The van der Waals surface area contributed by atoms with Gasteiger partial charge in [0.2, 0.25) is 0 Å². The number of nitrogens with zero attached hydrogens (tertiary/aromatic N) is 2. The molecule has 1 aromatic carbocycles. The standard InChI is InChI=1S/C17H17N3OS/c1-4-12-5-7-13(8-6-12)20-16(21)15-14-10(2)11(3)22-17(14)19-9-18-15/h5-9H,4H2,1-3H3,(H,20,21). The second kappa shape index (κ2) is 5.85. The molecular weight excluding hydrogens is 294 g/mol. The molecule has 4 nitrogen and oxygen atoms in total. The van der Waals surface area contributed by atoms with Crippen LogP contribution < -0.4 is 5.32 Å². The van der Waals surface area contributed by atoms with Crippen molar-refractivity contribution in [3.8, 4) is 0 Å². The highest BCUT2D eigenvalue weighted by Crippen LogP contribution is 2.30. The van der Waals surface area contributed by atoms with Gasteiger partial charge in [0, 0.05) is 16.0 Å². The topological polar surface area (TPSA) is 54.9 Å². The number of rotatable bonds is 3. The van der Waals surface area contributed by atoms with Crippen molar-refractivity contribution >= 4 is 33.1 Å². The van der Waals surface area contributed by atoms with Crippen LogP contribution in [0.1, 0.15) is 33.4 Å². The summed E-state index contributed by atoms with van der Waals surface area (Å²) < 4.78 is 0. The Morgan fingerprint density at radius 3 is 2.59 bits per heavy atom. The minimum atomic E-state index is -0.197. The molecule has 5 heteroatoms. The molecule has 0 saturated heterocycles. The number of anilines is 1. The molecule has 0 radical (unpaired) electrons. The summed E-state index contributed by atoms with van der Waals surface area (Å²) in [6.45, 7) is 6.14. The van der Waals surface area contributed by atoms with Crippen LogP contribution in [0.5, 0.6) is 0 Å². The Labute approximate surface area is 133 Å². The predicted octanol–water partition coefficient (Wildman–Crippen LogP) is 4.12. The van der Waals surface area contributed by atoms with Gasteiger partial charge in [0.1, 0.15) is 16.9 Å². The van der Waals surface area contributed by atoms with Crippen LogP contribution in [-0.2, 0) is 6.42 Å². The molecule has 3 aromatic rings. The minimum Gasteiger partial charge on any atom is -0.321 e. The number of aromatic nitrogens is 2. The van der Waals surface area contributed by atoms with E-state index in [4.69, 9.17) is 0 Å². The number of hydrogen-bond acceptors (Lipinski definition) is 4. The summed E-state index contributed by atoms with van der Waals surface area (Å²) in [4.78, 5) is 23.0. The van der Waals surface area contributed by atoms with Gasteiger partial charge in [-0.1, -0.05) is 19.1 Å². The fourth-order valence-corrected chi connectivity index (χ4v) is 3.37. The lowest BCUT2D eigenvalue weighted by molar-refractivity contribution is 0.102. The molecular formula is C17H17N3OS. The number of benzene rings is 1. The monoisotopic (exact) mass is 311 g/mol. The Morgan fingerprint density at radius 1 is 1.18 bits per heavy atom. The predicted molar refractivity (Wildman–Crippen MR) is 90.7 cm³/mol. The highest BCUT2D eigenvalue weighted by atomic mass is 32.1. The lowest BCUT2D eigenvalue weighted by Gasteiger charge is -2.07. The third kappa shape index (κ3) is 2.60. The zero-order valence-electron chi connectivity index (χ0n) is 12.8. The number of amides is 1. The molecule has 0 spiro atoms. The molecule has 0 aliphatic heterocycles. The zero-order valence-corrected chi connectivity index (χ0v) is 13.6. The Morgan fingerprint density at radius 2 is 1.91 bits per heavy atom. The van der Waals surface area contributed by atoms with E-state index in [1.165, 1.54) is 11.9 Å². The van der Waals surface area contributed by atoms with Crippen molar-refractivity contribution in [1.29, 1.82) is 0 Å². The fourth-order valence-electron chi connectivity index (χ4n) is 2.37. The molecule has 1 N–H and O–H groups in total. The molecule has 0 bridgehead atoms. The first-order valence-corrected chi connectivity index (χ1v) is 8.02. The van der Waals surface area contributed by atoms with Crippen molar-refractivity contribution < 1.29 is 4.79 Å². The maximum atomic E-state index is 12.5. The Balaban J connectivity index is 1.94. The lowest BCUT2D eigenvalue weighted by atomic mass is 10.1. The molecule has 112 valence electrons. The highest BCUT2D eigenvalue weighted by Gasteiger charge is 2.17. The van der Waals surface area contributed by atoms with Gasteiger partial charge in [-0.2, -0.15) is 0 Å². The van der Waals surface area contributed by atoms with Gasteiger partial charge in [-0.05, 0) is 43.5 Å². The first-order valence-electron chi connectivity index (χ1n) is 7.21. The summed E-state index contributed by atoms with van der Waals surface area (Å²) in [5.74, 6) is -0.197. The number of carbonyl (C=O) groups excluding carboxylic acids is 1. The number of fused-ring (bicyclic) bond motifs is 1. The van der Waals surface area contributed by atoms with Gasteiger partial charge in [0.05, 0.1) is 0 Å². The van der Waals surface area contributed by atoms with E-state index in [9.17, 15) is 4.79 Å². The van der Waals surface area contributed by atoms with E-state index in [1.54, 1.807) is 11.3 Å². The molecule has 2 heterocycles. The van der Waals surface area contributed by atoms with E-state index in [-0.39, 0.29) is 5.91 Å². The third-order valence-corrected chi connectivity index (χ3v) is 4.92. The van der Waals surface area contributed by atoms with Gasteiger partial charge < -0.3 is 5.32 Å². The van der Waals surface area contributed by atoms with E-state index in [0.29, 0.717) is 5.69 Å². The lowest BCUT2D eigenvalue weighted by Crippen LogP contribution is -2.14. The summed E-state index contributed by atoms with van der Waals surface area (Å²) in [6, 6.07) is 7.87. The summed E-state index contributed by atoms with van der Waals surface area (Å²) >= 11 is 1.59. The summed E-state index contributed by atoms with van der Waals surface area (Å²) in [5.41, 5.74) is 3.53. The second-order valence-electron chi connectivity index (χ2n) is 5.19. The average Bonchev–Trinajstić information content (AvgIpc) is 2.83. The van der Waals surface area contributed by atoms with Crippen LogP contribution in [0.15, 0.2) is 30.6 Å². The molecule has 0 aliphatic rings. The first kappa shape index (κ1) is 14.7. The summed E-state index contributed by atoms with van der Waals surface area (Å²) in [7, 11) is 0. The van der Waals surface area contributed by atoms with E-state index in [2.05, 4.69) is 22.2 Å². The van der Waals surface area contributed by atoms with Gasteiger partial charge in [-0.15, -0.1) is 11.3 Å². The molecule has 22 heavy (non-hydrogen) atoms. The maximum absolute atomic E-state index is 12.5. The average molecular weight is 311 g/mol. The Bertz CT molecular complexity index is 837. The van der Waals surface area contributed by atoms with Gasteiger partial charge in [0.15, 0.2) is 0 Å². The van der Waals surface area contributed by atoms with Crippen molar-refractivity contribution in [1.82, 2.24) is 9.97 Å². The van der Waals surface area contributed by atoms with Crippen LogP contribution >= 0.6 is 11.3 Å².